The average molecular weight is 476 g/mol. The van der Waals surface area contributed by atoms with Crippen molar-refractivity contribution >= 4 is 39.3 Å². The molecule has 0 radical (unpaired) electrons. The van der Waals surface area contributed by atoms with Gasteiger partial charge < -0.3 is 9.73 Å². The monoisotopic (exact) mass is 475 g/mol. The Morgan fingerprint density at radius 3 is 2.64 bits per heavy atom. The van der Waals surface area contributed by atoms with Gasteiger partial charge in [0.25, 0.3) is 0 Å². The summed E-state index contributed by atoms with van der Waals surface area (Å²) in [4.78, 5) is 19.5. The first kappa shape index (κ1) is 20.3. The third kappa shape index (κ3) is 5.10. The van der Waals surface area contributed by atoms with Crippen molar-refractivity contribution in [3.63, 3.8) is 0 Å². The zero-order chi connectivity index (χ0) is 20.3. The molecular weight excluding hydrogens is 466 g/mol. The van der Waals surface area contributed by atoms with Gasteiger partial charge in [0, 0.05) is 4.47 Å². The van der Waals surface area contributed by atoms with Gasteiger partial charge in [-0.3, -0.25) is 4.79 Å². The molecule has 0 atom stereocenters. The lowest BCUT2D eigenvalue weighted by molar-refractivity contribution is -0.141. The number of halogens is 5. The number of carbonyl (C=O) groups is 1. The van der Waals surface area contributed by atoms with Crippen LogP contribution in [0.2, 0.25) is 0 Å². The molecule has 0 unspecified atom stereocenters. The lowest BCUT2D eigenvalue weighted by atomic mass is 10.2. The van der Waals surface area contributed by atoms with Crippen LogP contribution in [-0.4, -0.2) is 21.6 Å². The van der Waals surface area contributed by atoms with Crippen LogP contribution in [0.5, 0.6) is 0 Å². The van der Waals surface area contributed by atoms with Gasteiger partial charge in [-0.1, -0.05) is 27.7 Å². The zero-order valence-corrected chi connectivity index (χ0v) is 16.2. The number of nitrogens with zero attached hydrogens (tertiary/aromatic N) is 2. The Bertz CT molecular complexity index is 997. The quantitative estimate of drug-likeness (QED) is 0.304. The third-order valence-corrected chi connectivity index (χ3v) is 4.65. The standard InChI is InChI=1S/C17H10BrF4N3O2S/c18-9-3-4-11(10(19)6-9)23-15(26)8-28-16-24-12(13-2-1-5-27-13)7-14(25-16)17(20,21)22/h1-7H,8H2,(H,23,26). The van der Waals surface area contributed by atoms with Gasteiger partial charge in [-0.05, 0) is 36.4 Å². The maximum absolute atomic E-state index is 13.8. The Labute approximate surface area is 168 Å². The van der Waals surface area contributed by atoms with Crippen molar-refractivity contribution in [2.24, 2.45) is 0 Å². The number of amides is 1. The van der Waals surface area contributed by atoms with E-state index in [0.29, 0.717) is 16.2 Å². The number of hydrogen-bond acceptors (Lipinski definition) is 5. The fourth-order valence-electron chi connectivity index (χ4n) is 2.09. The minimum atomic E-state index is -4.69. The van der Waals surface area contributed by atoms with Crippen LogP contribution in [0.15, 0.2) is 56.7 Å². The van der Waals surface area contributed by atoms with E-state index in [4.69, 9.17) is 4.42 Å². The van der Waals surface area contributed by atoms with E-state index in [-0.39, 0.29) is 28.1 Å². The summed E-state index contributed by atoms with van der Waals surface area (Å²) in [6.45, 7) is 0. The molecule has 3 rings (SSSR count). The summed E-state index contributed by atoms with van der Waals surface area (Å²) in [6, 6.07) is 7.81. The minimum absolute atomic E-state index is 0.0463. The van der Waals surface area contributed by atoms with E-state index >= 15 is 0 Å². The van der Waals surface area contributed by atoms with Gasteiger partial charge in [-0.25, -0.2) is 14.4 Å². The summed E-state index contributed by atoms with van der Waals surface area (Å²) in [5.74, 6) is -1.44. The van der Waals surface area contributed by atoms with E-state index in [1.54, 1.807) is 0 Å². The lowest BCUT2D eigenvalue weighted by Gasteiger charge is -2.10. The first-order valence-electron chi connectivity index (χ1n) is 7.60. The largest absolute Gasteiger partial charge is 0.463 e. The van der Waals surface area contributed by atoms with Crippen LogP contribution < -0.4 is 5.32 Å². The maximum atomic E-state index is 13.8. The second-order valence-corrected chi connectivity index (χ2v) is 7.22. The van der Waals surface area contributed by atoms with Crippen molar-refractivity contribution in [3.05, 3.63) is 58.6 Å². The fraction of sp³-hybridized carbons (Fsp3) is 0.118. The highest BCUT2D eigenvalue weighted by molar-refractivity contribution is 9.10. The topological polar surface area (TPSA) is 68.0 Å². The van der Waals surface area contributed by atoms with Crippen molar-refractivity contribution in [1.29, 1.82) is 0 Å². The SMILES string of the molecule is O=C(CSc1nc(-c2ccco2)cc(C(F)(F)F)n1)Nc1ccc(Br)cc1F. The van der Waals surface area contributed by atoms with E-state index in [1.807, 2.05) is 0 Å². The molecule has 0 saturated heterocycles. The molecule has 0 bridgehead atoms. The van der Waals surface area contributed by atoms with E-state index < -0.39 is 23.6 Å². The second kappa shape index (κ2) is 8.31. The van der Waals surface area contributed by atoms with Crippen molar-refractivity contribution in [2.45, 2.75) is 11.3 Å². The van der Waals surface area contributed by atoms with Gasteiger partial charge in [-0.15, -0.1) is 0 Å². The summed E-state index contributed by atoms with van der Waals surface area (Å²) in [5, 5.41) is 2.09. The van der Waals surface area contributed by atoms with Gasteiger partial charge >= 0.3 is 6.18 Å². The smallest absolute Gasteiger partial charge is 0.433 e. The Balaban J connectivity index is 1.76. The van der Waals surface area contributed by atoms with Crippen molar-refractivity contribution in [2.75, 3.05) is 11.1 Å². The summed E-state index contributed by atoms with van der Waals surface area (Å²) in [6.07, 6.45) is -3.39. The average Bonchev–Trinajstić information content (AvgIpc) is 3.16. The van der Waals surface area contributed by atoms with Crippen molar-refractivity contribution < 1.29 is 26.8 Å². The Kier molecular flexibility index (Phi) is 6.04. The molecule has 0 spiro atoms. The van der Waals surface area contributed by atoms with E-state index in [2.05, 4.69) is 31.2 Å². The Morgan fingerprint density at radius 2 is 2.00 bits per heavy atom. The number of aromatic nitrogens is 2. The molecule has 0 saturated carbocycles. The molecule has 1 amide bonds. The molecule has 5 nitrogen and oxygen atoms in total. The number of hydrogen-bond donors (Lipinski definition) is 1. The predicted molar refractivity (Wildman–Crippen MR) is 98.2 cm³/mol. The number of furan rings is 1. The number of alkyl halides is 3. The molecule has 0 aliphatic rings. The van der Waals surface area contributed by atoms with Gasteiger partial charge in [0.2, 0.25) is 5.91 Å². The summed E-state index contributed by atoms with van der Waals surface area (Å²) >= 11 is 3.79. The zero-order valence-electron chi connectivity index (χ0n) is 13.8. The number of carbonyl (C=O) groups excluding carboxylic acids is 1. The summed E-state index contributed by atoms with van der Waals surface area (Å²) in [5.41, 5.74) is -1.26. The fourth-order valence-corrected chi connectivity index (χ4v) is 3.08. The highest BCUT2D eigenvalue weighted by atomic mass is 79.9. The van der Waals surface area contributed by atoms with Gasteiger partial charge in [0.1, 0.15) is 17.2 Å². The molecule has 146 valence electrons. The molecule has 2 aromatic heterocycles. The van der Waals surface area contributed by atoms with Crippen molar-refractivity contribution in [1.82, 2.24) is 9.97 Å². The third-order valence-electron chi connectivity index (χ3n) is 3.31. The van der Waals surface area contributed by atoms with Crippen LogP contribution in [0, 0.1) is 5.82 Å². The van der Waals surface area contributed by atoms with Crippen LogP contribution >= 0.6 is 27.7 Å². The van der Waals surface area contributed by atoms with Crippen molar-refractivity contribution in [3.8, 4) is 11.5 Å². The molecule has 28 heavy (non-hydrogen) atoms. The van der Waals surface area contributed by atoms with Crippen LogP contribution in [0.25, 0.3) is 11.5 Å². The normalized spacial score (nSPS) is 11.5. The van der Waals surface area contributed by atoms with Gasteiger partial charge in [-0.2, -0.15) is 13.2 Å². The van der Waals surface area contributed by atoms with Gasteiger partial charge in [0.05, 0.1) is 17.7 Å². The van der Waals surface area contributed by atoms with Crippen LogP contribution in [0.1, 0.15) is 5.69 Å². The second-order valence-electron chi connectivity index (χ2n) is 5.36. The maximum Gasteiger partial charge on any atom is 0.433 e. The molecule has 3 aromatic rings. The van der Waals surface area contributed by atoms with Gasteiger partial charge in [0.15, 0.2) is 10.9 Å². The first-order valence-corrected chi connectivity index (χ1v) is 9.38. The number of rotatable bonds is 5. The molecule has 0 aliphatic carbocycles. The minimum Gasteiger partial charge on any atom is -0.463 e. The number of nitrogens with one attached hydrogen (secondary N) is 1. The lowest BCUT2D eigenvalue weighted by Crippen LogP contribution is -2.16. The molecular formula is C17H10BrF4N3O2S. The van der Waals surface area contributed by atoms with Crippen LogP contribution in [-0.2, 0) is 11.0 Å². The number of benzene rings is 1. The first-order chi connectivity index (χ1) is 13.2. The molecule has 2 heterocycles. The van der Waals surface area contributed by atoms with E-state index in [0.717, 1.165) is 6.07 Å². The van der Waals surface area contributed by atoms with Crippen LogP contribution in [0.3, 0.4) is 0 Å². The number of thioether (sulfide) groups is 1. The highest BCUT2D eigenvalue weighted by Crippen LogP contribution is 2.32. The van der Waals surface area contributed by atoms with Crippen LogP contribution in [0.4, 0.5) is 23.2 Å². The molecule has 1 aromatic carbocycles. The summed E-state index contributed by atoms with van der Waals surface area (Å²) < 4.78 is 58.6. The van der Waals surface area contributed by atoms with E-state index in [9.17, 15) is 22.4 Å². The molecule has 0 fully saturated rings. The molecule has 0 aliphatic heterocycles. The number of anilines is 1. The molecule has 1 N–H and O–H groups in total. The Morgan fingerprint density at radius 1 is 1.21 bits per heavy atom. The molecule has 11 heteroatoms. The summed E-state index contributed by atoms with van der Waals surface area (Å²) in [7, 11) is 0. The highest BCUT2D eigenvalue weighted by Gasteiger charge is 2.34. The van der Waals surface area contributed by atoms with E-state index in [1.165, 1.54) is 36.6 Å². The predicted octanol–water partition coefficient (Wildman–Crippen LogP) is 5.39. The Hall–Kier alpha value is -2.40.